The van der Waals surface area contributed by atoms with E-state index in [0.29, 0.717) is 18.2 Å². The largest absolute Gasteiger partial charge is 0.366 e. The first-order valence-electron chi connectivity index (χ1n) is 6.62. The van der Waals surface area contributed by atoms with Gasteiger partial charge in [0.25, 0.3) is 0 Å². The Balaban J connectivity index is 1.93. The first-order chi connectivity index (χ1) is 9.49. The Morgan fingerprint density at radius 2 is 2.05 bits per heavy atom. The van der Waals surface area contributed by atoms with E-state index >= 15 is 0 Å². The van der Waals surface area contributed by atoms with Crippen LogP contribution in [0.15, 0.2) is 29.2 Å². The molecule has 2 rings (SSSR count). The van der Waals surface area contributed by atoms with Gasteiger partial charge in [0.15, 0.2) is 0 Å². The summed E-state index contributed by atoms with van der Waals surface area (Å²) in [7, 11) is -3.52. The molecule has 0 bridgehead atoms. The quantitative estimate of drug-likeness (QED) is 0.698. The fraction of sp³-hybridized carbons (Fsp3) is 0.462. The monoisotopic (exact) mass is 297 g/mol. The lowest BCUT2D eigenvalue weighted by atomic mass is 10.2. The number of rotatable bonds is 6. The van der Waals surface area contributed by atoms with Crippen molar-refractivity contribution < 1.29 is 13.2 Å². The van der Waals surface area contributed by atoms with Crippen LogP contribution in [-0.2, 0) is 10.0 Å². The first-order valence-corrected chi connectivity index (χ1v) is 8.10. The molecular formula is C13H19N3O3S. The van der Waals surface area contributed by atoms with E-state index in [9.17, 15) is 13.2 Å². The van der Waals surface area contributed by atoms with Gasteiger partial charge in [-0.15, -0.1) is 0 Å². The number of hydrogen-bond donors (Lipinski definition) is 3. The van der Waals surface area contributed by atoms with Gasteiger partial charge < -0.3 is 11.1 Å². The van der Waals surface area contributed by atoms with Crippen LogP contribution in [-0.4, -0.2) is 33.5 Å². The van der Waals surface area contributed by atoms with Gasteiger partial charge in [-0.05, 0) is 50.1 Å². The summed E-state index contributed by atoms with van der Waals surface area (Å²) in [6.45, 7) is 1.41. The van der Waals surface area contributed by atoms with E-state index in [1.54, 1.807) is 0 Å². The minimum absolute atomic E-state index is 0.141. The maximum atomic E-state index is 12.0. The smallest absolute Gasteiger partial charge is 0.248 e. The van der Waals surface area contributed by atoms with Crippen LogP contribution in [0.1, 0.15) is 29.6 Å². The number of primary amides is 1. The maximum absolute atomic E-state index is 12.0. The molecule has 0 saturated carbocycles. The molecule has 1 aliphatic heterocycles. The molecule has 6 nitrogen and oxygen atoms in total. The molecule has 0 aliphatic carbocycles. The summed E-state index contributed by atoms with van der Waals surface area (Å²) in [5, 5.41) is 3.32. The minimum Gasteiger partial charge on any atom is -0.366 e. The van der Waals surface area contributed by atoms with Crippen LogP contribution >= 0.6 is 0 Å². The number of benzene rings is 1. The Bertz CT molecular complexity index is 563. The van der Waals surface area contributed by atoms with Gasteiger partial charge in [-0.3, -0.25) is 4.79 Å². The predicted octanol–water partition coefficient (Wildman–Crippen LogP) is 0.206. The van der Waals surface area contributed by atoms with E-state index in [0.717, 1.165) is 25.8 Å². The lowest BCUT2D eigenvalue weighted by Crippen LogP contribution is -2.30. The highest BCUT2D eigenvalue weighted by Crippen LogP contribution is 2.11. The summed E-state index contributed by atoms with van der Waals surface area (Å²) in [6, 6.07) is 5.99. The fourth-order valence-corrected chi connectivity index (χ4v) is 3.30. The number of nitrogens with two attached hydrogens (primary N) is 1. The van der Waals surface area contributed by atoms with Gasteiger partial charge in [0.1, 0.15) is 0 Å². The molecule has 1 atom stereocenters. The molecule has 7 heteroatoms. The van der Waals surface area contributed by atoms with Crippen LogP contribution in [0, 0.1) is 0 Å². The summed E-state index contributed by atoms with van der Waals surface area (Å²) in [5.74, 6) is -0.575. The molecule has 4 N–H and O–H groups in total. The van der Waals surface area contributed by atoms with Crippen molar-refractivity contribution in [2.75, 3.05) is 13.1 Å². The van der Waals surface area contributed by atoms with E-state index in [4.69, 9.17) is 5.73 Å². The second-order valence-corrected chi connectivity index (χ2v) is 6.64. The average molecular weight is 297 g/mol. The van der Waals surface area contributed by atoms with Gasteiger partial charge >= 0.3 is 0 Å². The normalized spacial score (nSPS) is 19.1. The van der Waals surface area contributed by atoms with Gasteiger partial charge in [-0.2, -0.15) is 0 Å². The Hall–Kier alpha value is -1.44. The van der Waals surface area contributed by atoms with Crippen molar-refractivity contribution in [3.05, 3.63) is 29.8 Å². The Labute approximate surface area is 118 Å². The van der Waals surface area contributed by atoms with Gasteiger partial charge in [0.2, 0.25) is 15.9 Å². The van der Waals surface area contributed by atoms with E-state index < -0.39 is 15.9 Å². The summed E-state index contributed by atoms with van der Waals surface area (Å²) in [6.07, 6.45) is 3.01. The third-order valence-corrected chi connectivity index (χ3v) is 4.87. The standard InChI is InChI=1S/C13H19N3O3S/c14-13(17)10-3-5-12(6-4-10)20(18,19)16-9-7-11-2-1-8-15-11/h3-6,11,15-16H,1-2,7-9H2,(H2,14,17). The van der Waals surface area contributed by atoms with Crippen molar-refractivity contribution in [2.45, 2.75) is 30.2 Å². The Morgan fingerprint density at radius 3 is 2.60 bits per heavy atom. The van der Waals surface area contributed by atoms with E-state index in [2.05, 4.69) is 10.0 Å². The van der Waals surface area contributed by atoms with Crippen LogP contribution in [0.4, 0.5) is 0 Å². The highest BCUT2D eigenvalue weighted by Gasteiger charge is 2.17. The molecule has 0 aromatic heterocycles. The van der Waals surface area contributed by atoms with Crippen molar-refractivity contribution >= 4 is 15.9 Å². The van der Waals surface area contributed by atoms with Crippen LogP contribution in [0.5, 0.6) is 0 Å². The summed E-state index contributed by atoms with van der Waals surface area (Å²) in [4.78, 5) is 11.1. The maximum Gasteiger partial charge on any atom is 0.248 e. The lowest BCUT2D eigenvalue weighted by Gasteiger charge is -2.11. The molecule has 20 heavy (non-hydrogen) atoms. The molecule has 1 amide bonds. The summed E-state index contributed by atoms with van der Waals surface area (Å²) < 4.78 is 26.6. The topological polar surface area (TPSA) is 101 Å². The van der Waals surface area contributed by atoms with Crippen LogP contribution in [0.3, 0.4) is 0 Å². The molecule has 1 fully saturated rings. The third kappa shape index (κ3) is 3.78. The highest BCUT2D eigenvalue weighted by molar-refractivity contribution is 7.89. The van der Waals surface area contributed by atoms with Crippen molar-refractivity contribution in [1.29, 1.82) is 0 Å². The Kier molecular flexibility index (Phi) is 4.74. The summed E-state index contributed by atoms with van der Waals surface area (Å²) in [5.41, 5.74) is 5.40. The van der Waals surface area contributed by atoms with Crippen molar-refractivity contribution in [2.24, 2.45) is 5.73 Å². The van der Waals surface area contributed by atoms with Crippen molar-refractivity contribution in [3.63, 3.8) is 0 Å². The zero-order valence-electron chi connectivity index (χ0n) is 11.1. The molecular weight excluding hydrogens is 278 g/mol. The SMILES string of the molecule is NC(=O)c1ccc(S(=O)(=O)NCCC2CCCN2)cc1. The molecule has 110 valence electrons. The molecule has 1 saturated heterocycles. The Morgan fingerprint density at radius 1 is 1.35 bits per heavy atom. The number of carbonyl (C=O) groups excluding carboxylic acids is 1. The molecule has 1 aliphatic rings. The second-order valence-electron chi connectivity index (χ2n) is 4.87. The van der Waals surface area contributed by atoms with Gasteiger partial charge in [-0.1, -0.05) is 0 Å². The lowest BCUT2D eigenvalue weighted by molar-refractivity contribution is 0.1000. The van der Waals surface area contributed by atoms with Crippen LogP contribution < -0.4 is 15.8 Å². The fourth-order valence-electron chi connectivity index (χ4n) is 2.25. The number of amides is 1. The summed E-state index contributed by atoms with van der Waals surface area (Å²) >= 11 is 0. The predicted molar refractivity (Wildman–Crippen MR) is 75.8 cm³/mol. The molecule has 1 aromatic rings. The van der Waals surface area contributed by atoms with E-state index in [1.165, 1.54) is 24.3 Å². The molecule has 0 radical (unpaired) electrons. The second kappa shape index (κ2) is 6.34. The first kappa shape index (κ1) is 15.0. The zero-order chi connectivity index (χ0) is 14.6. The van der Waals surface area contributed by atoms with Gasteiger partial charge in [-0.25, -0.2) is 13.1 Å². The number of sulfonamides is 1. The third-order valence-electron chi connectivity index (χ3n) is 3.40. The number of nitrogens with one attached hydrogen (secondary N) is 2. The molecule has 1 unspecified atom stereocenters. The molecule has 1 aromatic carbocycles. The van der Waals surface area contributed by atoms with E-state index in [-0.39, 0.29) is 4.90 Å². The van der Waals surface area contributed by atoms with Crippen molar-refractivity contribution in [1.82, 2.24) is 10.0 Å². The minimum atomic E-state index is -3.52. The molecule has 0 spiro atoms. The molecule has 1 heterocycles. The number of hydrogen-bond acceptors (Lipinski definition) is 4. The van der Waals surface area contributed by atoms with Crippen LogP contribution in [0.25, 0.3) is 0 Å². The van der Waals surface area contributed by atoms with Gasteiger partial charge in [0.05, 0.1) is 4.90 Å². The van der Waals surface area contributed by atoms with E-state index in [1.807, 2.05) is 0 Å². The average Bonchev–Trinajstić information content (AvgIpc) is 2.92. The zero-order valence-corrected chi connectivity index (χ0v) is 11.9. The van der Waals surface area contributed by atoms with Crippen LogP contribution in [0.2, 0.25) is 0 Å². The highest BCUT2D eigenvalue weighted by atomic mass is 32.2. The van der Waals surface area contributed by atoms with Crippen molar-refractivity contribution in [3.8, 4) is 0 Å². The van der Waals surface area contributed by atoms with Gasteiger partial charge in [0, 0.05) is 18.2 Å². The number of carbonyl (C=O) groups is 1.